The lowest BCUT2D eigenvalue weighted by atomic mass is 10.2. The Morgan fingerprint density at radius 2 is 1.30 bits per heavy atom. The zero-order chi connectivity index (χ0) is 56.4. The van der Waals surface area contributed by atoms with Gasteiger partial charge in [-0.15, -0.1) is 0 Å². The summed E-state index contributed by atoms with van der Waals surface area (Å²) in [5.74, 6) is 2.88. The number of benzene rings is 3. The summed E-state index contributed by atoms with van der Waals surface area (Å²) in [7, 11) is 3.78. The highest BCUT2D eigenvalue weighted by molar-refractivity contribution is 7.92. The molecule has 24 heteroatoms. The Morgan fingerprint density at radius 3 is 1.96 bits per heavy atom. The van der Waals surface area contributed by atoms with Crippen LogP contribution in [0.2, 0.25) is 0 Å². The molecule has 1 saturated heterocycles. The van der Waals surface area contributed by atoms with Gasteiger partial charge in [0.1, 0.15) is 23.1 Å². The number of likely N-dealkylation sites (N-methyl/N-ethyl adjacent to an activating group) is 1. The number of nitrogens with zero attached hydrogens (tertiary/aromatic N) is 6. The number of hydrogen-bond donors (Lipinski definition) is 3. The third-order valence-corrected chi connectivity index (χ3v) is 14.1. The quantitative estimate of drug-likeness (QED) is 0.0471. The molecule has 3 N–H and O–H groups in total. The van der Waals surface area contributed by atoms with Gasteiger partial charge in [-0.2, -0.15) is 0 Å². The molecule has 6 rings (SSSR count). The number of anilines is 2. The van der Waals surface area contributed by atoms with Crippen molar-refractivity contribution in [2.75, 3.05) is 156 Å². The first-order valence-electron chi connectivity index (χ1n) is 26.7. The molecule has 0 radical (unpaired) electrons. The number of aromatic nitrogens is 3. The topological polar surface area (TPSA) is 237 Å². The van der Waals surface area contributed by atoms with Gasteiger partial charge in [0.05, 0.1) is 108 Å². The second kappa shape index (κ2) is 32.4. The van der Waals surface area contributed by atoms with E-state index >= 15 is 0 Å². The molecule has 5 aromatic rings. The van der Waals surface area contributed by atoms with Crippen LogP contribution in [0.4, 0.5) is 11.5 Å². The summed E-state index contributed by atoms with van der Waals surface area (Å²) in [6.45, 7) is 12.3. The summed E-state index contributed by atoms with van der Waals surface area (Å²) in [6, 6.07) is 18.5. The van der Waals surface area contributed by atoms with Crippen LogP contribution < -0.4 is 49.6 Å². The number of carbonyl (C=O) groups is 2. The molecule has 0 aliphatic carbocycles. The predicted molar refractivity (Wildman–Crippen MR) is 300 cm³/mol. The first-order chi connectivity index (χ1) is 38.3. The predicted octanol–water partition coefficient (Wildman–Crippen LogP) is 4.27. The van der Waals surface area contributed by atoms with Crippen molar-refractivity contribution in [2.24, 2.45) is 14.1 Å². The molecule has 1 aliphatic rings. The van der Waals surface area contributed by atoms with Gasteiger partial charge in [-0.3, -0.25) is 33.2 Å². The first kappa shape index (κ1) is 61.5. The Balaban J connectivity index is 0.807. The number of hydrogen-bond acceptors (Lipinski definition) is 18. The summed E-state index contributed by atoms with van der Waals surface area (Å²) in [4.78, 5) is 48.7. The molecule has 79 heavy (non-hydrogen) atoms. The number of aryl methyl sites for hydroxylation is 2. The van der Waals surface area contributed by atoms with Crippen LogP contribution in [0.5, 0.6) is 34.5 Å². The van der Waals surface area contributed by atoms with Gasteiger partial charge < -0.3 is 58.2 Å². The Labute approximate surface area is 463 Å². The summed E-state index contributed by atoms with van der Waals surface area (Å²) >= 11 is 0. The number of nitrogens with one attached hydrogen (secondary N) is 3. The minimum absolute atomic E-state index is 0.0232. The van der Waals surface area contributed by atoms with Crippen LogP contribution in [0.15, 0.2) is 82.6 Å². The molecule has 3 heterocycles. The van der Waals surface area contributed by atoms with E-state index in [0.717, 1.165) is 51.4 Å². The van der Waals surface area contributed by atoms with Crippen molar-refractivity contribution in [3.05, 3.63) is 83.4 Å². The highest BCUT2D eigenvalue weighted by Gasteiger charge is 2.23. The average molecular weight is 1120 g/mol. The van der Waals surface area contributed by atoms with Crippen molar-refractivity contribution in [1.29, 1.82) is 0 Å². The number of carbonyl (C=O) groups excluding carboxylic acids is 2. The second-order valence-electron chi connectivity index (χ2n) is 18.7. The highest BCUT2D eigenvalue weighted by Crippen LogP contribution is 2.39. The molecule has 23 nitrogen and oxygen atoms in total. The molecule has 3 aromatic carbocycles. The first-order valence-corrected chi connectivity index (χ1v) is 28.2. The smallest absolute Gasteiger partial charge is 0.328 e. The second-order valence-corrected chi connectivity index (χ2v) is 20.3. The fourth-order valence-corrected chi connectivity index (χ4v) is 9.50. The lowest BCUT2D eigenvalue weighted by molar-refractivity contribution is -0.123. The maximum Gasteiger partial charge on any atom is 0.328 e. The Morgan fingerprint density at radius 1 is 0.671 bits per heavy atom. The van der Waals surface area contributed by atoms with Crippen molar-refractivity contribution in [3.8, 4) is 34.5 Å². The molecule has 434 valence electrons. The van der Waals surface area contributed by atoms with Crippen molar-refractivity contribution < 1.29 is 60.6 Å². The average Bonchev–Trinajstić information content (AvgIpc) is 3.71. The van der Waals surface area contributed by atoms with Gasteiger partial charge in [-0.05, 0) is 63.2 Å². The molecule has 0 spiro atoms. The van der Waals surface area contributed by atoms with E-state index in [9.17, 15) is 22.8 Å². The van der Waals surface area contributed by atoms with Crippen molar-refractivity contribution >= 4 is 44.4 Å². The molecule has 1 aliphatic heterocycles. The van der Waals surface area contributed by atoms with E-state index in [1.165, 1.54) is 41.6 Å². The number of ether oxygens (including phenoxy) is 9. The molecule has 2 amide bonds. The van der Waals surface area contributed by atoms with Crippen molar-refractivity contribution in [2.45, 2.75) is 37.5 Å². The van der Waals surface area contributed by atoms with Gasteiger partial charge in [0.2, 0.25) is 11.8 Å². The molecule has 0 atom stereocenters. The zero-order valence-corrected chi connectivity index (χ0v) is 47.3. The maximum atomic E-state index is 13.8. The van der Waals surface area contributed by atoms with E-state index in [4.69, 9.17) is 42.6 Å². The van der Waals surface area contributed by atoms with E-state index in [2.05, 4.69) is 30.1 Å². The lowest BCUT2D eigenvalue weighted by Gasteiger charge is -2.35. The zero-order valence-electron chi connectivity index (χ0n) is 46.5. The molecule has 0 bridgehead atoms. The van der Waals surface area contributed by atoms with E-state index in [1.807, 2.05) is 43.3 Å². The number of fused-ring (bicyclic) bond motifs is 1. The molecule has 2 aromatic heterocycles. The molecule has 1 fully saturated rings. The van der Waals surface area contributed by atoms with Crippen LogP contribution in [0.25, 0.3) is 11.0 Å². The van der Waals surface area contributed by atoms with Gasteiger partial charge in [0, 0.05) is 103 Å². The fourth-order valence-electron chi connectivity index (χ4n) is 8.42. The summed E-state index contributed by atoms with van der Waals surface area (Å²) < 4.78 is 84.6. The summed E-state index contributed by atoms with van der Waals surface area (Å²) in [5, 5.41) is 5.86. The van der Waals surface area contributed by atoms with Crippen LogP contribution in [0, 0.1) is 0 Å². The van der Waals surface area contributed by atoms with Crippen LogP contribution in [0.1, 0.15) is 32.6 Å². The van der Waals surface area contributed by atoms with E-state index in [-0.39, 0.29) is 46.1 Å². The van der Waals surface area contributed by atoms with Crippen LogP contribution in [-0.2, 0) is 52.7 Å². The SMILES string of the molecule is CCCOc1cc(OCCCCN(C)CC(=O)NCCOCCOCCOCCOCCC(=O)NCCN2CCN(c3ccccn3)CC2)cc(Oc2cc3c(cc2NS(=O)(=O)c2ccc(OC)c(OC)c2)n(C)c(=O)n3C)c1. The standard InChI is InChI=1S/C55H79N9O14S/c1-7-25-76-42-35-43(37-44(36-42)78-50-40-48-47(61(3)55(67)62(48)4)39-46(50)59-79(68,69)45-13-14-49(70-5)51(38-45)71-6)77-26-11-10-19-60(2)41-54(66)58-18-28-73-30-32-75-34-33-74-31-29-72-27-15-53(65)57-17-20-63-21-23-64(24-22-63)52-12-8-9-16-56-52/h8-9,12-14,16,35-40,59H,7,10-11,15,17-34,41H2,1-6H3,(H,57,65)(H,58,66). The molecule has 0 saturated carbocycles. The maximum absolute atomic E-state index is 13.8. The Kier molecular flexibility index (Phi) is 25.3. The number of imidazole rings is 1. The van der Waals surface area contributed by atoms with Crippen molar-refractivity contribution in [3.63, 3.8) is 0 Å². The normalized spacial score (nSPS) is 12.9. The number of piperazine rings is 1. The van der Waals surface area contributed by atoms with E-state index < -0.39 is 10.0 Å². The third-order valence-electron chi connectivity index (χ3n) is 12.7. The minimum atomic E-state index is -4.21. The fraction of sp³-hybridized carbons (Fsp3) is 0.527. The van der Waals surface area contributed by atoms with Gasteiger partial charge in [-0.25, -0.2) is 18.2 Å². The number of pyridine rings is 1. The summed E-state index contributed by atoms with van der Waals surface area (Å²) in [6.07, 6.45) is 4.33. The van der Waals surface area contributed by atoms with Crippen LogP contribution in [-0.4, -0.2) is 190 Å². The van der Waals surface area contributed by atoms with Gasteiger partial charge in [-0.1, -0.05) is 13.0 Å². The van der Waals surface area contributed by atoms with Gasteiger partial charge in [0.25, 0.3) is 10.0 Å². The number of rotatable bonds is 37. The van der Waals surface area contributed by atoms with Gasteiger partial charge in [0.15, 0.2) is 17.2 Å². The number of methoxy groups -OCH3 is 2. The van der Waals surface area contributed by atoms with Crippen LogP contribution >= 0.6 is 0 Å². The number of sulfonamides is 1. The van der Waals surface area contributed by atoms with Crippen molar-refractivity contribution in [1.82, 2.24) is 34.6 Å². The number of amides is 2. The van der Waals surface area contributed by atoms with E-state index in [0.29, 0.717) is 133 Å². The largest absolute Gasteiger partial charge is 0.493 e. The van der Waals surface area contributed by atoms with E-state index in [1.54, 1.807) is 44.4 Å². The monoisotopic (exact) mass is 1120 g/mol. The molecular weight excluding hydrogens is 1040 g/mol. The molecule has 0 unspecified atom stereocenters. The minimum Gasteiger partial charge on any atom is -0.493 e. The lowest BCUT2D eigenvalue weighted by Crippen LogP contribution is -2.48. The molecular formula is C55H79N9O14S. The van der Waals surface area contributed by atoms with Crippen LogP contribution in [0.3, 0.4) is 0 Å². The highest BCUT2D eigenvalue weighted by atomic mass is 32.2. The summed E-state index contributed by atoms with van der Waals surface area (Å²) in [5.41, 5.74) is 0.782. The Hall–Kier alpha value is -6.67. The third kappa shape index (κ3) is 19.9. The van der Waals surface area contributed by atoms with Gasteiger partial charge >= 0.3 is 5.69 Å². The Bertz CT molecular complexity index is 2850. The number of unbranched alkanes of at least 4 members (excludes halogenated alkanes) is 1.